The highest BCUT2D eigenvalue weighted by molar-refractivity contribution is 7.86. The molecule has 0 bridgehead atoms. The van der Waals surface area contributed by atoms with Gasteiger partial charge in [0.05, 0.1) is 0 Å². The van der Waals surface area contributed by atoms with E-state index in [-0.39, 0.29) is 5.56 Å². The molecule has 1 aromatic rings. The molecule has 0 radical (unpaired) electrons. The molecule has 0 atom stereocenters. The van der Waals surface area contributed by atoms with E-state index in [9.17, 15) is 21.9 Å². The van der Waals surface area contributed by atoms with Gasteiger partial charge in [0.15, 0.2) is 5.75 Å². The zero-order chi connectivity index (χ0) is 15.2. The number of benzene rings is 1. The summed E-state index contributed by atoms with van der Waals surface area (Å²) in [6, 6.07) is 1.92. The van der Waals surface area contributed by atoms with Crippen LogP contribution in [-0.2, 0) is 25.7 Å². The summed E-state index contributed by atoms with van der Waals surface area (Å²) in [5.41, 5.74) is -0.447. The summed E-state index contributed by atoms with van der Waals surface area (Å²) >= 11 is 0. The van der Waals surface area contributed by atoms with Gasteiger partial charge >= 0.3 is 0 Å². The van der Waals surface area contributed by atoms with Crippen molar-refractivity contribution in [2.45, 2.75) is 36.0 Å². The van der Waals surface area contributed by atoms with Gasteiger partial charge in [-0.25, -0.2) is 0 Å². The average molecular weight is 310 g/mol. The van der Waals surface area contributed by atoms with Crippen molar-refractivity contribution in [1.82, 2.24) is 0 Å². The third-order valence-corrected chi connectivity index (χ3v) is 4.20. The van der Waals surface area contributed by atoms with Gasteiger partial charge in [-0.15, -0.1) is 0 Å². The molecule has 7 nitrogen and oxygen atoms in total. The zero-order valence-corrected chi connectivity index (χ0v) is 12.1. The number of phenols is 1. The SMILES string of the molecule is CC(C)(C)c1cc(S(=O)(=O)O)c(O)c(S(=O)(=O)O)c1. The molecular weight excluding hydrogens is 296 g/mol. The van der Waals surface area contributed by atoms with Gasteiger partial charge in [-0.3, -0.25) is 9.11 Å². The summed E-state index contributed by atoms with van der Waals surface area (Å²) in [7, 11) is -9.65. The fourth-order valence-corrected chi connectivity index (χ4v) is 2.73. The second-order valence-electron chi connectivity index (χ2n) is 5.02. The van der Waals surface area contributed by atoms with Crippen molar-refractivity contribution < 1.29 is 31.0 Å². The molecule has 3 N–H and O–H groups in total. The van der Waals surface area contributed by atoms with Crippen LogP contribution in [0.15, 0.2) is 21.9 Å². The van der Waals surface area contributed by atoms with Gasteiger partial charge in [-0.05, 0) is 23.1 Å². The molecule has 0 saturated heterocycles. The molecule has 0 fully saturated rings. The van der Waals surface area contributed by atoms with E-state index in [1.165, 1.54) is 0 Å². The summed E-state index contributed by atoms with van der Waals surface area (Å²) in [5.74, 6) is -1.21. The molecule has 0 aliphatic rings. The molecule has 0 spiro atoms. The molecule has 0 aliphatic heterocycles. The van der Waals surface area contributed by atoms with Crippen LogP contribution in [0.1, 0.15) is 26.3 Å². The third kappa shape index (κ3) is 3.44. The largest absolute Gasteiger partial charge is 0.505 e. The van der Waals surface area contributed by atoms with Crippen LogP contribution in [0.4, 0.5) is 0 Å². The van der Waals surface area contributed by atoms with E-state index >= 15 is 0 Å². The first-order valence-corrected chi connectivity index (χ1v) is 7.95. The van der Waals surface area contributed by atoms with E-state index in [4.69, 9.17) is 9.11 Å². The normalized spacial score (nSPS) is 13.5. The Morgan fingerprint density at radius 2 is 1.21 bits per heavy atom. The van der Waals surface area contributed by atoms with Crippen LogP contribution in [0.25, 0.3) is 0 Å². The van der Waals surface area contributed by atoms with E-state index in [1.54, 1.807) is 20.8 Å². The van der Waals surface area contributed by atoms with Crippen LogP contribution in [0.5, 0.6) is 5.75 Å². The first kappa shape index (κ1) is 15.9. The second-order valence-corrected chi connectivity index (χ2v) is 7.80. The quantitative estimate of drug-likeness (QED) is 0.699. The molecule has 0 aromatic heterocycles. The first-order chi connectivity index (χ1) is 8.24. The lowest BCUT2D eigenvalue weighted by molar-refractivity contribution is 0.420. The highest BCUT2D eigenvalue weighted by atomic mass is 32.2. The Morgan fingerprint density at radius 1 is 0.895 bits per heavy atom. The minimum atomic E-state index is -4.82. The van der Waals surface area contributed by atoms with Gasteiger partial charge in [-0.2, -0.15) is 16.8 Å². The lowest BCUT2D eigenvalue weighted by Gasteiger charge is -2.21. The first-order valence-electron chi connectivity index (χ1n) is 5.07. The smallest absolute Gasteiger partial charge is 0.298 e. The second kappa shape index (κ2) is 4.44. The van der Waals surface area contributed by atoms with Crippen molar-refractivity contribution in [2.24, 2.45) is 0 Å². The maximum atomic E-state index is 11.1. The summed E-state index contributed by atoms with van der Waals surface area (Å²) in [6.07, 6.45) is 0. The van der Waals surface area contributed by atoms with E-state index in [2.05, 4.69) is 0 Å². The van der Waals surface area contributed by atoms with Crippen molar-refractivity contribution in [3.63, 3.8) is 0 Å². The van der Waals surface area contributed by atoms with Crippen molar-refractivity contribution in [3.05, 3.63) is 17.7 Å². The topological polar surface area (TPSA) is 129 Å². The Bertz CT molecular complexity index is 656. The molecule has 0 unspecified atom stereocenters. The molecule has 0 saturated carbocycles. The lowest BCUT2D eigenvalue weighted by Crippen LogP contribution is -2.14. The van der Waals surface area contributed by atoms with E-state index in [1.807, 2.05) is 0 Å². The van der Waals surface area contributed by atoms with Gasteiger partial charge in [0.25, 0.3) is 20.2 Å². The summed E-state index contributed by atoms with van der Waals surface area (Å²) in [5, 5.41) is 9.57. The average Bonchev–Trinajstić information content (AvgIpc) is 2.11. The molecule has 1 rings (SSSR count). The molecule has 0 aliphatic carbocycles. The van der Waals surface area contributed by atoms with Gasteiger partial charge in [0, 0.05) is 0 Å². The maximum absolute atomic E-state index is 11.1. The van der Waals surface area contributed by atoms with Crippen molar-refractivity contribution >= 4 is 20.2 Å². The van der Waals surface area contributed by atoms with Crippen molar-refractivity contribution in [3.8, 4) is 5.75 Å². The number of phenolic OH excluding ortho intramolecular Hbond substituents is 1. The lowest BCUT2D eigenvalue weighted by atomic mass is 9.87. The fraction of sp³-hybridized carbons (Fsp3) is 0.400. The number of aromatic hydroxyl groups is 1. The zero-order valence-electron chi connectivity index (χ0n) is 10.4. The molecule has 0 heterocycles. The fourth-order valence-electron chi connectivity index (χ4n) is 1.41. The Labute approximate surface area is 111 Å². The number of hydrogen-bond donors (Lipinski definition) is 3. The van der Waals surface area contributed by atoms with E-state index < -0.39 is 41.2 Å². The predicted octanol–water partition coefficient (Wildman–Crippen LogP) is 1.18. The summed E-state index contributed by atoms with van der Waals surface area (Å²) in [6.45, 7) is 5.00. The molecule has 108 valence electrons. The van der Waals surface area contributed by atoms with Crippen molar-refractivity contribution in [2.75, 3.05) is 0 Å². The Morgan fingerprint density at radius 3 is 1.42 bits per heavy atom. The van der Waals surface area contributed by atoms with Crippen LogP contribution in [0, 0.1) is 0 Å². The van der Waals surface area contributed by atoms with Crippen LogP contribution in [0.3, 0.4) is 0 Å². The van der Waals surface area contributed by atoms with E-state index in [0.29, 0.717) is 0 Å². The molecular formula is C10H14O7S2. The highest BCUT2D eigenvalue weighted by Gasteiger charge is 2.28. The standard InChI is InChI=1S/C10H14O7S2/c1-10(2,3)6-4-7(18(12,13)14)9(11)8(5-6)19(15,16)17/h4-5,11H,1-3H3,(H,12,13,14)(H,15,16,17). The molecule has 19 heavy (non-hydrogen) atoms. The summed E-state index contributed by atoms with van der Waals surface area (Å²) < 4.78 is 62.5. The Hall–Kier alpha value is -1.16. The third-order valence-electron chi connectivity index (χ3n) is 2.46. The van der Waals surface area contributed by atoms with Crippen molar-refractivity contribution in [1.29, 1.82) is 0 Å². The molecule has 9 heteroatoms. The number of rotatable bonds is 2. The van der Waals surface area contributed by atoms with E-state index in [0.717, 1.165) is 12.1 Å². The van der Waals surface area contributed by atoms with Crippen LogP contribution >= 0.6 is 0 Å². The Kier molecular flexibility index (Phi) is 3.72. The van der Waals surface area contributed by atoms with Crippen LogP contribution < -0.4 is 0 Å². The van der Waals surface area contributed by atoms with Gasteiger partial charge in [0.2, 0.25) is 0 Å². The summed E-state index contributed by atoms with van der Waals surface area (Å²) in [4.78, 5) is -1.93. The van der Waals surface area contributed by atoms with Crippen LogP contribution in [0.2, 0.25) is 0 Å². The van der Waals surface area contributed by atoms with Gasteiger partial charge < -0.3 is 5.11 Å². The predicted molar refractivity (Wildman–Crippen MR) is 66.4 cm³/mol. The van der Waals surface area contributed by atoms with Crippen LogP contribution in [-0.4, -0.2) is 31.0 Å². The van der Waals surface area contributed by atoms with Gasteiger partial charge in [0.1, 0.15) is 9.79 Å². The Balaban J connectivity index is 3.89. The molecule has 0 amide bonds. The highest BCUT2D eigenvalue weighted by Crippen LogP contribution is 2.35. The minimum absolute atomic E-state index is 0.213. The minimum Gasteiger partial charge on any atom is -0.505 e. The number of hydrogen-bond acceptors (Lipinski definition) is 5. The maximum Gasteiger partial charge on any atom is 0.298 e. The molecule has 1 aromatic carbocycles. The van der Waals surface area contributed by atoms with Gasteiger partial charge in [-0.1, -0.05) is 20.8 Å². The monoisotopic (exact) mass is 310 g/mol.